The van der Waals surface area contributed by atoms with Gasteiger partial charge in [-0.25, -0.2) is 0 Å². The van der Waals surface area contributed by atoms with Gasteiger partial charge in [0.25, 0.3) is 0 Å². The largest absolute Gasteiger partial charge is 0.314 e. The van der Waals surface area contributed by atoms with Crippen molar-refractivity contribution >= 4 is 0 Å². The topological polar surface area (TPSA) is 15.3 Å². The molecule has 0 saturated heterocycles. The van der Waals surface area contributed by atoms with E-state index in [1.165, 1.54) is 32.4 Å². The zero-order valence-corrected chi connectivity index (χ0v) is 13.4. The Hall–Kier alpha value is -0.0800. The maximum Gasteiger partial charge on any atom is 0.0102 e. The number of rotatable bonds is 9. The summed E-state index contributed by atoms with van der Waals surface area (Å²) in [6, 6.07) is 1.47. The van der Waals surface area contributed by atoms with E-state index in [0.29, 0.717) is 11.5 Å². The van der Waals surface area contributed by atoms with Crippen LogP contribution in [-0.4, -0.2) is 36.6 Å². The van der Waals surface area contributed by atoms with Crippen LogP contribution in [0.1, 0.15) is 60.8 Å². The van der Waals surface area contributed by atoms with Gasteiger partial charge in [0.1, 0.15) is 0 Å². The summed E-state index contributed by atoms with van der Waals surface area (Å²) in [4.78, 5) is 2.74. The Labute approximate surface area is 115 Å². The van der Waals surface area contributed by atoms with Crippen LogP contribution in [0.2, 0.25) is 0 Å². The summed E-state index contributed by atoms with van der Waals surface area (Å²) < 4.78 is 0. The third-order valence-electron chi connectivity index (χ3n) is 4.35. The van der Waals surface area contributed by atoms with E-state index in [4.69, 9.17) is 0 Å². The first-order valence-corrected chi connectivity index (χ1v) is 7.84. The molecule has 0 amide bonds. The van der Waals surface area contributed by atoms with Crippen molar-refractivity contribution in [2.45, 2.75) is 72.9 Å². The lowest BCUT2D eigenvalue weighted by molar-refractivity contribution is 0.132. The van der Waals surface area contributed by atoms with Gasteiger partial charge in [0.15, 0.2) is 0 Å². The van der Waals surface area contributed by atoms with Gasteiger partial charge in [-0.3, -0.25) is 4.90 Å². The lowest BCUT2D eigenvalue weighted by atomic mass is 9.84. The van der Waals surface area contributed by atoms with Crippen LogP contribution in [0.3, 0.4) is 0 Å². The predicted molar refractivity (Wildman–Crippen MR) is 81.0 cm³/mol. The van der Waals surface area contributed by atoms with E-state index in [1.54, 1.807) is 0 Å². The van der Waals surface area contributed by atoms with Crippen LogP contribution in [-0.2, 0) is 0 Å². The molecule has 1 fully saturated rings. The minimum absolute atomic E-state index is 0.357. The van der Waals surface area contributed by atoms with Gasteiger partial charge < -0.3 is 5.32 Å². The summed E-state index contributed by atoms with van der Waals surface area (Å²) >= 11 is 0. The fourth-order valence-electron chi connectivity index (χ4n) is 2.50. The monoisotopic (exact) mass is 254 g/mol. The lowest BCUT2D eigenvalue weighted by Crippen LogP contribution is -2.47. The molecule has 1 saturated carbocycles. The van der Waals surface area contributed by atoms with Crippen LogP contribution in [0.5, 0.6) is 0 Å². The van der Waals surface area contributed by atoms with Crippen LogP contribution in [0.25, 0.3) is 0 Å². The van der Waals surface area contributed by atoms with Crippen molar-refractivity contribution in [3.63, 3.8) is 0 Å². The first kappa shape index (κ1) is 16.0. The molecular formula is C16H34N2. The summed E-state index contributed by atoms with van der Waals surface area (Å²) in [5.74, 6) is 0.820. The van der Waals surface area contributed by atoms with Gasteiger partial charge in [0, 0.05) is 18.6 Å². The second-order valence-electron chi connectivity index (χ2n) is 7.15. The van der Waals surface area contributed by atoms with Crippen molar-refractivity contribution < 1.29 is 0 Å². The molecule has 1 rings (SSSR count). The van der Waals surface area contributed by atoms with Crippen LogP contribution < -0.4 is 5.32 Å². The molecule has 0 heterocycles. The van der Waals surface area contributed by atoms with Crippen molar-refractivity contribution in [2.24, 2.45) is 11.3 Å². The summed E-state index contributed by atoms with van der Waals surface area (Å²) in [5, 5.41) is 3.59. The van der Waals surface area contributed by atoms with Crippen LogP contribution in [0.4, 0.5) is 0 Å². The molecule has 0 aliphatic heterocycles. The summed E-state index contributed by atoms with van der Waals surface area (Å²) in [5.41, 5.74) is 0.357. The normalized spacial score (nSPS) is 18.7. The van der Waals surface area contributed by atoms with Crippen molar-refractivity contribution in [3.05, 3.63) is 0 Å². The first-order valence-electron chi connectivity index (χ1n) is 7.84. The maximum atomic E-state index is 3.59. The van der Waals surface area contributed by atoms with Gasteiger partial charge in [0.2, 0.25) is 0 Å². The predicted octanol–water partition coefficient (Wildman–Crippen LogP) is 3.52. The molecule has 1 N–H and O–H groups in total. The first-order chi connectivity index (χ1) is 8.36. The van der Waals surface area contributed by atoms with Crippen LogP contribution in [0.15, 0.2) is 0 Å². The van der Waals surface area contributed by atoms with Crippen molar-refractivity contribution in [1.29, 1.82) is 0 Å². The highest BCUT2D eigenvalue weighted by molar-refractivity contribution is 4.90. The minimum atomic E-state index is 0.357. The SMILES string of the molecule is CCNC(C)C(C)(C)CN(CCC(C)C)C1CC1. The smallest absolute Gasteiger partial charge is 0.0102 e. The zero-order chi connectivity index (χ0) is 13.8. The van der Waals surface area contributed by atoms with Gasteiger partial charge in [-0.15, -0.1) is 0 Å². The fourth-order valence-corrected chi connectivity index (χ4v) is 2.50. The molecule has 0 bridgehead atoms. The Kier molecular flexibility index (Phi) is 6.13. The zero-order valence-electron chi connectivity index (χ0n) is 13.4. The highest BCUT2D eigenvalue weighted by Gasteiger charge is 2.34. The number of hydrogen-bond donors (Lipinski definition) is 1. The molecule has 108 valence electrons. The quantitative estimate of drug-likeness (QED) is 0.677. The van der Waals surface area contributed by atoms with Crippen LogP contribution >= 0.6 is 0 Å². The Bertz CT molecular complexity index is 231. The minimum Gasteiger partial charge on any atom is -0.314 e. The van der Waals surface area contributed by atoms with E-state index in [1.807, 2.05) is 0 Å². The molecule has 0 radical (unpaired) electrons. The molecule has 2 heteroatoms. The second kappa shape index (κ2) is 6.91. The van der Waals surface area contributed by atoms with E-state index in [2.05, 4.69) is 51.8 Å². The highest BCUT2D eigenvalue weighted by atomic mass is 15.2. The number of hydrogen-bond acceptors (Lipinski definition) is 2. The third kappa shape index (κ3) is 5.27. The van der Waals surface area contributed by atoms with Gasteiger partial charge in [0.05, 0.1) is 0 Å². The molecule has 1 atom stereocenters. The van der Waals surface area contributed by atoms with Gasteiger partial charge in [-0.05, 0) is 50.6 Å². The fraction of sp³-hybridized carbons (Fsp3) is 1.00. The average Bonchev–Trinajstić information content (AvgIpc) is 3.08. The molecule has 0 aromatic rings. The van der Waals surface area contributed by atoms with Crippen molar-refractivity contribution in [1.82, 2.24) is 10.2 Å². The van der Waals surface area contributed by atoms with E-state index in [-0.39, 0.29) is 0 Å². The molecule has 2 nitrogen and oxygen atoms in total. The molecule has 0 aromatic heterocycles. The molecule has 1 aliphatic carbocycles. The molecule has 1 aliphatic rings. The average molecular weight is 254 g/mol. The Morgan fingerprint density at radius 3 is 2.28 bits per heavy atom. The van der Waals surface area contributed by atoms with E-state index in [9.17, 15) is 0 Å². The van der Waals surface area contributed by atoms with Gasteiger partial charge >= 0.3 is 0 Å². The number of nitrogens with one attached hydrogen (secondary N) is 1. The van der Waals surface area contributed by atoms with E-state index < -0.39 is 0 Å². The summed E-state index contributed by atoms with van der Waals surface area (Å²) in [6.07, 6.45) is 4.18. The summed E-state index contributed by atoms with van der Waals surface area (Å²) in [7, 11) is 0. The van der Waals surface area contributed by atoms with Gasteiger partial charge in [-0.2, -0.15) is 0 Å². The third-order valence-corrected chi connectivity index (χ3v) is 4.35. The van der Waals surface area contributed by atoms with E-state index >= 15 is 0 Å². The van der Waals surface area contributed by atoms with Crippen molar-refractivity contribution in [2.75, 3.05) is 19.6 Å². The molecular weight excluding hydrogens is 220 g/mol. The number of nitrogens with zero attached hydrogens (tertiary/aromatic N) is 1. The second-order valence-corrected chi connectivity index (χ2v) is 7.15. The molecule has 0 aromatic carbocycles. The highest BCUT2D eigenvalue weighted by Crippen LogP contribution is 2.32. The Morgan fingerprint density at radius 1 is 1.22 bits per heavy atom. The van der Waals surface area contributed by atoms with Crippen LogP contribution in [0, 0.1) is 11.3 Å². The molecule has 1 unspecified atom stereocenters. The molecule has 18 heavy (non-hydrogen) atoms. The summed E-state index contributed by atoms with van der Waals surface area (Å²) in [6.45, 7) is 17.6. The lowest BCUT2D eigenvalue weighted by Gasteiger charge is -2.38. The maximum absolute atomic E-state index is 3.59. The van der Waals surface area contributed by atoms with Crippen molar-refractivity contribution in [3.8, 4) is 0 Å². The molecule has 0 spiro atoms. The van der Waals surface area contributed by atoms with E-state index in [0.717, 1.165) is 18.5 Å². The standard InChI is InChI=1S/C16H34N2/c1-7-17-14(4)16(5,6)12-18(15-8-9-15)11-10-13(2)3/h13-15,17H,7-12H2,1-6H3. The Morgan fingerprint density at radius 2 is 1.83 bits per heavy atom. The van der Waals surface area contributed by atoms with Gasteiger partial charge in [-0.1, -0.05) is 34.6 Å². The Balaban J connectivity index is 2.48.